The molecule has 0 aliphatic heterocycles. The second-order valence-corrected chi connectivity index (χ2v) is 7.88. The van der Waals surface area contributed by atoms with Gasteiger partial charge in [0.05, 0.1) is 23.0 Å². The Morgan fingerprint density at radius 2 is 1.16 bits per heavy atom. The number of aromatic nitrogens is 2. The average molecular weight is 408 g/mol. The van der Waals surface area contributed by atoms with Crippen molar-refractivity contribution in [3.63, 3.8) is 0 Å². The molecule has 0 saturated carbocycles. The molecule has 0 fully saturated rings. The number of hydrogen-bond acceptors (Lipinski definition) is 4. The fraction of sp³-hybridized carbons (Fsp3) is 0.154. The molecule has 1 aromatic heterocycles. The van der Waals surface area contributed by atoms with Crippen LogP contribution in [0.15, 0.2) is 72.8 Å². The highest BCUT2D eigenvalue weighted by Crippen LogP contribution is 2.34. The molecule has 154 valence electrons. The van der Waals surface area contributed by atoms with Gasteiger partial charge in [-0.15, -0.1) is 0 Å². The van der Waals surface area contributed by atoms with Gasteiger partial charge < -0.3 is 14.8 Å². The Bertz CT molecular complexity index is 1140. The van der Waals surface area contributed by atoms with Crippen LogP contribution in [-0.2, 0) is 0 Å². The maximum Gasteiger partial charge on any atom is 0.138 e. The third-order valence-corrected chi connectivity index (χ3v) is 5.32. The van der Waals surface area contributed by atoms with Gasteiger partial charge >= 0.3 is 0 Å². The van der Waals surface area contributed by atoms with Crippen LogP contribution in [0.1, 0.15) is 5.56 Å². The average Bonchev–Trinajstić information content (AvgIpc) is 3.24. The lowest BCUT2D eigenvalue weighted by atomic mass is 10.0. The van der Waals surface area contributed by atoms with E-state index in [0.29, 0.717) is 5.56 Å². The van der Waals surface area contributed by atoms with E-state index in [0.717, 1.165) is 45.3 Å². The summed E-state index contributed by atoms with van der Waals surface area (Å²) in [6, 6.07) is 26.5. The molecule has 5 nitrogen and oxygen atoms in total. The summed E-state index contributed by atoms with van der Waals surface area (Å²) in [5.74, 6) is 0.780. The summed E-state index contributed by atoms with van der Waals surface area (Å²) in [5.41, 5.74) is 7.87. The van der Waals surface area contributed by atoms with E-state index in [4.69, 9.17) is 10.2 Å². The minimum Gasteiger partial charge on any atom is -0.378 e. The second kappa shape index (κ2) is 8.37. The van der Waals surface area contributed by atoms with Crippen molar-refractivity contribution in [2.75, 3.05) is 38.0 Å². The zero-order valence-electron chi connectivity index (χ0n) is 18.2. The van der Waals surface area contributed by atoms with E-state index >= 15 is 0 Å². The predicted octanol–water partition coefficient (Wildman–Crippen LogP) is 5.41. The van der Waals surface area contributed by atoms with E-state index in [1.807, 2.05) is 52.5 Å². The van der Waals surface area contributed by atoms with Crippen LogP contribution < -0.4 is 9.80 Å². The van der Waals surface area contributed by atoms with Crippen molar-refractivity contribution in [1.82, 2.24) is 9.97 Å². The van der Waals surface area contributed by atoms with Crippen LogP contribution in [0, 0.1) is 11.3 Å². The quantitative estimate of drug-likeness (QED) is 0.480. The first-order chi connectivity index (χ1) is 15.0. The number of nitrogens with one attached hydrogen (secondary N) is 1. The van der Waals surface area contributed by atoms with E-state index in [2.05, 4.69) is 69.4 Å². The second-order valence-electron chi connectivity index (χ2n) is 7.88. The Labute approximate surface area is 183 Å². The van der Waals surface area contributed by atoms with Crippen molar-refractivity contribution in [2.45, 2.75) is 0 Å². The Kier molecular flexibility index (Phi) is 5.46. The van der Waals surface area contributed by atoms with Crippen molar-refractivity contribution >= 4 is 11.4 Å². The minimum atomic E-state index is 0.634. The largest absolute Gasteiger partial charge is 0.378 e. The summed E-state index contributed by atoms with van der Waals surface area (Å²) < 4.78 is 0. The number of aromatic amines is 1. The maximum absolute atomic E-state index is 9.09. The Morgan fingerprint density at radius 1 is 0.677 bits per heavy atom. The van der Waals surface area contributed by atoms with Crippen molar-refractivity contribution in [3.05, 3.63) is 78.4 Å². The normalized spacial score (nSPS) is 10.5. The van der Waals surface area contributed by atoms with E-state index in [9.17, 15) is 0 Å². The molecule has 0 saturated heterocycles. The van der Waals surface area contributed by atoms with Crippen LogP contribution in [0.25, 0.3) is 33.9 Å². The van der Waals surface area contributed by atoms with Crippen LogP contribution >= 0.6 is 0 Å². The monoisotopic (exact) mass is 407 g/mol. The van der Waals surface area contributed by atoms with Gasteiger partial charge in [0.1, 0.15) is 5.82 Å². The molecule has 4 rings (SSSR count). The molecule has 0 bridgehead atoms. The topological polar surface area (TPSA) is 59.0 Å². The molecular weight excluding hydrogens is 382 g/mol. The van der Waals surface area contributed by atoms with Crippen molar-refractivity contribution < 1.29 is 0 Å². The zero-order valence-corrected chi connectivity index (χ0v) is 18.2. The van der Waals surface area contributed by atoms with Gasteiger partial charge in [-0.25, -0.2) is 4.98 Å². The van der Waals surface area contributed by atoms with Gasteiger partial charge in [-0.1, -0.05) is 24.3 Å². The third-order valence-electron chi connectivity index (χ3n) is 5.32. The number of benzene rings is 3. The summed E-state index contributed by atoms with van der Waals surface area (Å²) >= 11 is 0. The highest BCUT2D eigenvalue weighted by Gasteiger charge is 2.16. The van der Waals surface area contributed by atoms with Gasteiger partial charge in [-0.3, -0.25) is 0 Å². The maximum atomic E-state index is 9.09. The lowest BCUT2D eigenvalue weighted by Gasteiger charge is -2.13. The smallest absolute Gasteiger partial charge is 0.138 e. The molecule has 31 heavy (non-hydrogen) atoms. The van der Waals surface area contributed by atoms with Gasteiger partial charge in [0.25, 0.3) is 0 Å². The first-order valence-corrected chi connectivity index (χ1v) is 10.1. The predicted molar refractivity (Wildman–Crippen MR) is 128 cm³/mol. The molecule has 0 radical (unpaired) electrons. The van der Waals surface area contributed by atoms with Crippen molar-refractivity contribution in [1.29, 1.82) is 5.26 Å². The summed E-state index contributed by atoms with van der Waals surface area (Å²) in [4.78, 5) is 12.6. The van der Waals surface area contributed by atoms with Crippen LogP contribution in [0.2, 0.25) is 0 Å². The third kappa shape index (κ3) is 4.15. The van der Waals surface area contributed by atoms with Crippen LogP contribution in [-0.4, -0.2) is 38.2 Å². The van der Waals surface area contributed by atoms with E-state index < -0.39 is 0 Å². The lowest BCUT2D eigenvalue weighted by Crippen LogP contribution is -2.08. The molecule has 4 aromatic rings. The summed E-state index contributed by atoms with van der Waals surface area (Å²) in [7, 11) is 8.13. The fourth-order valence-corrected chi connectivity index (χ4v) is 3.47. The molecule has 0 aliphatic rings. The number of H-pyrrole nitrogens is 1. The van der Waals surface area contributed by atoms with E-state index in [1.54, 1.807) is 0 Å². The Balaban J connectivity index is 1.82. The van der Waals surface area contributed by atoms with Gasteiger partial charge in [0.15, 0.2) is 0 Å². The van der Waals surface area contributed by atoms with Crippen LogP contribution in [0.3, 0.4) is 0 Å². The molecule has 0 aliphatic carbocycles. The van der Waals surface area contributed by atoms with Crippen molar-refractivity contribution in [2.24, 2.45) is 0 Å². The molecule has 3 aromatic carbocycles. The molecule has 0 amide bonds. The molecule has 5 heteroatoms. The molecule has 0 atom stereocenters. The first kappa shape index (κ1) is 20.2. The van der Waals surface area contributed by atoms with Gasteiger partial charge in [0.2, 0.25) is 0 Å². The number of rotatable bonds is 5. The number of imidazole rings is 1. The molecule has 0 spiro atoms. The molecule has 1 heterocycles. The van der Waals surface area contributed by atoms with Crippen LogP contribution in [0.4, 0.5) is 11.4 Å². The Hall–Kier alpha value is -4.04. The van der Waals surface area contributed by atoms with Crippen LogP contribution in [0.5, 0.6) is 0 Å². The van der Waals surface area contributed by atoms with Gasteiger partial charge in [0, 0.05) is 56.3 Å². The minimum absolute atomic E-state index is 0.634. The van der Waals surface area contributed by atoms with E-state index in [-0.39, 0.29) is 0 Å². The molecular formula is C26H25N5. The molecule has 0 unspecified atom stereocenters. The van der Waals surface area contributed by atoms with Gasteiger partial charge in [-0.05, 0) is 48.5 Å². The highest BCUT2D eigenvalue weighted by atomic mass is 15.1. The summed E-state index contributed by atoms with van der Waals surface area (Å²) in [6.45, 7) is 0. The number of anilines is 2. The highest BCUT2D eigenvalue weighted by molar-refractivity contribution is 5.82. The number of hydrogen-bond donors (Lipinski definition) is 1. The van der Waals surface area contributed by atoms with Gasteiger partial charge in [-0.2, -0.15) is 5.26 Å². The van der Waals surface area contributed by atoms with Crippen molar-refractivity contribution in [3.8, 4) is 40.0 Å². The number of nitriles is 1. The fourth-order valence-electron chi connectivity index (χ4n) is 3.47. The summed E-state index contributed by atoms with van der Waals surface area (Å²) in [5, 5.41) is 9.09. The summed E-state index contributed by atoms with van der Waals surface area (Å²) in [6.07, 6.45) is 0. The van der Waals surface area contributed by atoms with E-state index in [1.165, 1.54) is 0 Å². The standard InChI is InChI=1S/C26H25N5/c1-30(2)22-13-9-19(10-14-22)24-25(20-11-15-23(16-12-20)31(3)4)29-26(28-24)21-7-5-18(17-27)6-8-21/h5-16H,1-4H3,(H,28,29). The Morgan fingerprint density at radius 3 is 1.65 bits per heavy atom. The number of nitrogens with zero attached hydrogens (tertiary/aromatic N) is 4. The first-order valence-electron chi connectivity index (χ1n) is 10.1. The molecule has 1 N–H and O–H groups in total. The SMILES string of the molecule is CN(C)c1ccc(-c2nc(-c3ccc(C#N)cc3)[nH]c2-c2ccc(N(C)C)cc2)cc1. The lowest BCUT2D eigenvalue weighted by molar-refractivity contribution is 1.13. The zero-order chi connectivity index (χ0) is 22.0.